The van der Waals surface area contributed by atoms with Crippen molar-refractivity contribution < 1.29 is 0 Å². The Hall–Kier alpha value is 0.270. The van der Waals surface area contributed by atoms with Crippen LogP contribution < -0.4 is 5.32 Å². The van der Waals surface area contributed by atoms with E-state index >= 15 is 0 Å². The standard InChI is InChI=1S/C16H32N2S/c1-14-5-7-16(8-6-14,11-17-4)13-18-9-10-19-15(2,3)12-18/h14,17H,5-13H2,1-4H3. The van der Waals surface area contributed by atoms with Gasteiger partial charge in [0.1, 0.15) is 0 Å². The molecule has 2 nitrogen and oxygen atoms in total. The number of rotatable bonds is 4. The molecule has 1 aliphatic heterocycles. The Kier molecular flexibility index (Phi) is 5.24. The van der Waals surface area contributed by atoms with E-state index in [1.807, 2.05) is 0 Å². The van der Waals surface area contributed by atoms with E-state index in [4.69, 9.17) is 0 Å². The molecule has 2 aliphatic rings. The van der Waals surface area contributed by atoms with Crippen molar-refractivity contribution in [3.05, 3.63) is 0 Å². The van der Waals surface area contributed by atoms with Crippen molar-refractivity contribution in [3.8, 4) is 0 Å². The molecule has 112 valence electrons. The Morgan fingerprint density at radius 2 is 1.95 bits per heavy atom. The third-order valence-corrected chi connectivity index (χ3v) is 6.25. The second-order valence-corrected chi connectivity index (χ2v) is 9.33. The first kappa shape index (κ1) is 15.7. The molecule has 0 aromatic rings. The number of nitrogens with one attached hydrogen (secondary N) is 1. The van der Waals surface area contributed by atoms with Crippen molar-refractivity contribution in [1.29, 1.82) is 0 Å². The lowest BCUT2D eigenvalue weighted by Crippen LogP contribution is -2.51. The fourth-order valence-electron chi connectivity index (χ4n) is 3.86. The zero-order valence-electron chi connectivity index (χ0n) is 13.3. The molecule has 1 heterocycles. The van der Waals surface area contributed by atoms with Crippen LogP contribution in [0.15, 0.2) is 0 Å². The van der Waals surface area contributed by atoms with Gasteiger partial charge in [0.05, 0.1) is 0 Å². The van der Waals surface area contributed by atoms with E-state index in [2.05, 4.69) is 49.8 Å². The molecule has 19 heavy (non-hydrogen) atoms. The zero-order valence-corrected chi connectivity index (χ0v) is 14.1. The van der Waals surface area contributed by atoms with Crippen LogP contribution in [0.5, 0.6) is 0 Å². The lowest BCUT2D eigenvalue weighted by molar-refractivity contribution is 0.0856. The maximum absolute atomic E-state index is 3.47. The summed E-state index contributed by atoms with van der Waals surface area (Å²) in [6.07, 6.45) is 5.68. The molecule has 0 radical (unpaired) electrons. The topological polar surface area (TPSA) is 15.3 Å². The summed E-state index contributed by atoms with van der Waals surface area (Å²) in [5, 5.41) is 3.47. The van der Waals surface area contributed by atoms with Gasteiger partial charge in [-0.3, -0.25) is 0 Å². The Balaban J connectivity index is 1.96. The van der Waals surface area contributed by atoms with Gasteiger partial charge in [0, 0.05) is 36.7 Å². The number of nitrogens with zero attached hydrogens (tertiary/aromatic N) is 1. The highest BCUT2D eigenvalue weighted by molar-refractivity contribution is 8.00. The van der Waals surface area contributed by atoms with Gasteiger partial charge in [-0.05, 0) is 45.1 Å². The zero-order chi connectivity index (χ0) is 13.9. The quantitative estimate of drug-likeness (QED) is 0.853. The lowest BCUT2D eigenvalue weighted by atomic mass is 9.70. The first-order valence-corrected chi connectivity index (χ1v) is 8.94. The average Bonchev–Trinajstić information content (AvgIpc) is 2.32. The molecular formula is C16H32N2S. The number of hydrogen-bond acceptors (Lipinski definition) is 3. The van der Waals surface area contributed by atoms with Crippen molar-refractivity contribution in [2.24, 2.45) is 11.3 Å². The van der Waals surface area contributed by atoms with E-state index in [-0.39, 0.29) is 0 Å². The second kappa shape index (κ2) is 6.36. The molecule has 0 unspecified atom stereocenters. The van der Waals surface area contributed by atoms with Gasteiger partial charge in [-0.25, -0.2) is 0 Å². The van der Waals surface area contributed by atoms with Crippen LogP contribution >= 0.6 is 11.8 Å². The molecule has 3 heteroatoms. The molecule has 0 amide bonds. The largest absolute Gasteiger partial charge is 0.319 e. The van der Waals surface area contributed by atoms with Crippen LogP contribution in [-0.4, -0.2) is 48.6 Å². The third kappa shape index (κ3) is 4.37. The highest BCUT2D eigenvalue weighted by Gasteiger charge is 2.37. The van der Waals surface area contributed by atoms with Crippen molar-refractivity contribution in [3.63, 3.8) is 0 Å². The van der Waals surface area contributed by atoms with Gasteiger partial charge < -0.3 is 10.2 Å². The SMILES string of the molecule is CNCC1(CN2CCSC(C)(C)C2)CCC(C)CC1. The van der Waals surface area contributed by atoms with Crippen LogP contribution in [0.1, 0.15) is 46.5 Å². The monoisotopic (exact) mass is 284 g/mol. The normalized spacial score (nSPS) is 36.3. The molecule has 0 aromatic heterocycles. The predicted octanol–water partition coefficient (Wildman–Crippen LogP) is 3.23. The summed E-state index contributed by atoms with van der Waals surface area (Å²) in [5.41, 5.74) is 0.541. The molecule has 2 fully saturated rings. The van der Waals surface area contributed by atoms with Gasteiger partial charge in [0.2, 0.25) is 0 Å². The summed E-state index contributed by atoms with van der Waals surface area (Å²) in [6.45, 7) is 12.3. The summed E-state index contributed by atoms with van der Waals surface area (Å²) >= 11 is 2.14. The summed E-state index contributed by atoms with van der Waals surface area (Å²) in [6, 6.07) is 0. The van der Waals surface area contributed by atoms with E-state index in [0.29, 0.717) is 10.2 Å². The van der Waals surface area contributed by atoms with Gasteiger partial charge in [-0.1, -0.05) is 19.8 Å². The first-order chi connectivity index (χ1) is 8.95. The molecule has 0 spiro atoms. The molecule has 1 aliphatic carbocycles. The van der Waals surface area contributed by atoms with E-state index in [0.717, 1.165) is 5.92 Å². The smallest absolute Gasteiger partial charge is 0.0231 e. The molecule has 1 saturated heterocycles. The molecule has 1 N–H and O–H groups in total. The minimum atomic E-state index is 0.445. The van der Waals surface area contributed by atoms with Crippen molar-refractivity contribution in [1.82, 2.24) is 10.2 Å². The van der Waals surface area contributed by atoms with Gasteiger partial charge >= 0.3 is 0 Å². The van der Waals surface area contributed by atoms with Crippen molar-refractivity contribution in [2.45, 2.75) is 51.2 Å². The van der Waals surface area contributed by atoms with Crippen LogP contribution in [0.3, 0.4) is 0 Å². The van der Waals surface area contributed by atoms with Crippen LogP contribution in [0.2, 0.25) is 0 Å². The summed E-state index contributed by atoms with van der Waals surface area (Å²) in [5.74, 6) is 2.25. The van der Waals surface area contributed by atoms with Gasteiger partial charge in [0.25, 0.3) is 0 Å². The number of hydrogen-bond donors (Lipinski definition) is 1. The van der Waals surface area contributed by atoms with E-state index in [1.54, 1.807) is 0 Å². The minimum Gasteiger partial charge on any atom is -0.319 e. The van der Waals surface area contributed by atoms with Crippen molar-refractivity contribution in [2.75, 3.05) is 39.0 Å². The van der Waals surface area contributed by atoms with Crippen LogP contribution in [-0.2, 0) is 0 Å². The lowest BCUT2D eigenvalue weighted by Gasteiger charge is -2.46. The first-order valence-electron chi connectivity index (χ1n) is 7.96. The molecular weight excluding hydrogens is 252 g/mol. The van der Waals surface area contributed by atoms with E-state index in [1.165, 1.54) is 57.6 Å². The maximum atomic E-state index is 3.47. The van der Waals surface area contributed by atoms with E-state index < -0.39 is 0 Å². The molecule has 2 rings (SSSR count). The summed E-state index contributed by atoms with van der Waals surface area (Å²) < 4.78 is 0.445. The van der Waals surface area contributed by atoms with Crippen LogP contribution in [0.4, 0.5) is 0 Å². The Labute approximate surface area is 124 Å². The Morgan fingerprint density at radius 3 is 2.53 bits per heavy atom. The Bertz CT molecular complexity index is 282. The molecule has 0 aromatic carbocycles. The molecule has 0 atom stereocenters. The van der Waals surface area contributed by atoms with Crippen LogP contribution in [0.25, 0.3) is 0 Å². The maximum Gasteiger partial charge on any atom is 0.0231 e. The van der Waals surface area contributed by atoms with Gasteiger partial charge in [-0.15, -0.1) is 0 Å². The fraction of sp³-hybridized carbons (Fsp3) is 1.00. The summed E-state index contributed by atoms with van der Waals surface area (Å²) in [4.78, 5) is 2.74. The van der Waals surface area contributed by atoms with Crippen LogP contribution in [0, 0.1) is 11.3 Å². The highest BCUT2D eigenvalue weighted by atomic mass is 32.2. The summed E-state index contributed by atoms with van der Waals surface area (Å²) in [7, 11) is 2.12. The average molecular weight is 285 g/mol. The van der Waals surface area contributed by atoms with Gasteiger partial charge in [-0.2, -0.15) is 11.8 Å². The van der Waals surface area contributed by atoms with Crippen molar-refractivity contribution >= 4 is 11.8 Å². The van der Waals surface area contributed by atoms with Gasteiger partial charge in [0.15, 0.2) is 0 Å². The van der Waals surface area contributed by atoms with E-state index in [9.17, 15) is 0 Å². The molecule has 1 saturated carbocycles. The minimum absolute atomic E-state index is 0.445. The number of thioether (sulfide) groups is 1. The fourth-order valence-corrected chi connectivity index (χ4v) is 5.04. The molecule has 0 bridgehead atoms. The predicted molar refractivity (Wildman–Crippen MR) is 87.0 cm³/mol. The third-order valence-electron chi connectivity index (χ3n) is 4.95. The highest BCUT2D eigenvalue weighted by Crippen LogP contribution is 2.40. The second-order valence-electron chi connectivity index (χ2n) is 7.53. The Morgan fingerprint density at radius 1 is 1.26 bits per heavy atom.